The van der Waals surface area contributed by atoms with Gasteiger partial charge in [0, 0.05) is 6.20 Å². The van der Waals surface area contributed by atoms with E-state index in [0.717, 1.165) is 0 Å². The van der Waals surface area contributed by atoms with E-state index >= 15 is 0 Å². The van der Waals surface area contributed by atoms with E-state index in [2.05, 4.69) is 15.2 Å². The number of carboxylic acids is 1. The summed E-state index contributed by atoms with van der Waals surface area (Å²) in [5, 5.41) is 17.3. The molecule has 3 heterocycles. The Kier molecular flexibility index (Phi) is 3.69. The summed E-state index contributed by atoms with van der Waals surface area (Å²) in [5.74, 6) is 0.717. The van der Waals surface area contributed by atoms with Crippen LogP contribution in [0.5, 0.6) is 0 Å². The first-order chi connectivity index (χ1) is 10.2. The number of aromatic nitrogens is 3. The Morgan fingerprint density at radius 3 is 2.86 bits per heavy atom. The lowest BCUT2D eigenvalue weighted by Crippen LogP contribution is -1.96. The normalized spacial score (nSPS) is 10.7. The Hall–Kier alpha value is -2.61. The summed E-state index contributed by atoms with van der Waals surface area (Å²) in [7, 11) is 0. The third-order valence-electron chi connectivity index (χ3n) is 2.53. The molecule has 0 aliphatic carbocycles. The van der Waals surface area contributed by atoms with E-state index < -0.39 is 5.97 Å². The van der Waals surface area contributed by atoms with Crippen LogP contribution in [0.25, 0.3) is 11.7 Å². The van der Waals surface area contributed by atoms with E-state index in [-0.39, 0.29) is 5.56 Å². The zero-order valence-electron chi connectivity index (χ0n) is 10.6. The summed E-state index contributed by atoms with van der Waals surface area (Å²) >= 11 is 1.37. The number of furan rings is 1. The summed E-state index contributed by atoms with van der Waals surface area (Å²) in [6.45, 7) is 0. The molecule has 3 aromatic rings. The molecule has 0 atom stereocenters. The van der Waals surface area contributed by atoms with Crippen LogP contribution in [0.1, 0.15) is 16.2 Å². The minimum absolute atomic E-state index is 0.150. The van der Waals surface area contributed by atoms with Crippen molar-refractivity contribution in [2.75, 3.05) is 0 Å². The summed E-state index contributed by atoms with van der Waals surface area (Å²) in [5.41, 5.74) is 0.150. The Morgan fingerprint density at radius 1 is 1.29 bits per heavy atom. The first-order valence-electron chi connectivity index (χ1n) is 5.91. The Labute approximate surface area is 123 Å². The molecule has 1 N–H and O–H groups in total. The lowest BCUT2D eigenvalue weighted by molar-refractivity contribution is 0.0696. The molecule has 0 aliphatic heterocycles. The van der Waals surface area contributed by atoms with Gasteiger partial charge in [0.25, 0.3) is 5.89 Å². The van der Waals surface area contributed by atoms with E-state index in [9.17, 15) is 4.79 Å². The number of pyridine rings is 1. The highest BCUT2D eigenvalue weighted by Crippen LogP contribution is 2.23. The van der Waals surface area contributed by atoms with E-state index in [1.54, 1.807) is 18.2 Å². The number of hydrogen-bond acceptors (Lipinski definition) is 7. The zero-order valence-corrected chi connectivity index (χ0v) is 11.4. The molecular weight excluding hydrogens is 294 g/mol. The van der Waals surface area contributed by atoms with Gasteiger partial charge in [-0.3, -0.25) is 0 Å². The molecule has 0 aromatic carbocycles. The van der Waals surface area contributed by atoms with Crippen molar-refractivity contribution in [2.24, 2.45) is 0 Å². The van der Waals surface area contributed by atoms with Crippen LogP contribution in [0.3, 0.4) is 0 Å². The van der Waals surface area contributed by atoms with Gasteiger partial charge in [0.2, 0.25) is 5.89 Å². The molecule has 7 nitrogen and oxygen atoms in total. The molecule has 106 valence electrons. The molecule has 3 aromatic heterocycles. The van der Waals surface area contributed by atoms with Crippen LogP contribution in [-0.2, 0) is 5.75 Å². The average molecular weight is 303 g/mol. The molecule has 0 unspecified atom stereocenters. The molecule has 0 fully saturated rings. The average Bonchev–Trinajstić information content (AvgIpc) is 3.16. The standard InChI is InChI=1S/C13H9N3O4S/c17-13(18)8-3-4-11(14-6-8)21-7-10-15-16-12(20-10)9-2-1-5-19-9/h1-6H,7H2,(H,17,18). The quantitative estimate of drug-likeness (QED) is 0.718. The summed E-state index contributed by atoms with van der Waals surface area (Å²) < 4.78 is 10.6. The van der Waals surface area contributed by atoms with Gasteiger partial charge in [-0.2, -0.15) is 0 Å². The van der Waals surface area contributed by atoms with Gasteiger partial charge < -0.3 is 13.9 Å². The number of carbonyl (C=O) groups is 1. The van der Waals surface area contributed by atoms with Crippen molar-refractivity contribution in [3.63, 3.8) is 0 Å². The number of thioether (sulfide) groups is 1. The van der Waals surface area contributed by atoms with Crippen LogP contribution in [0.4, 0.5) is 0 Å². The van der Waals surface area contributed by atoms with E-state index in [1.165, 1.54) is 30.3 Å². The molecule has 8 heteroatoms. The van der Waals surface area contributed by atoms with Crippen molar-refractivity contribution in [3.8, 4) is 11.7 Å². The van der Waals surface area contributed by atoms with Gasteiger partial charge in [0.1, 0.15) is 0 Å². The minimum Gasteiger partial charge on any atom is -0.478 e. The van der Waals surface area contributed by atoms with Crippen LogP contribution in [0, 0.1) is 0 Å². The van der Waals surface area contributed by atoms with Crippen LogP contribution in [0.2, 0.25) is 0 Å². The highest BCUT2D eigenvalue weighted by Gasteiger charge is 2.11. The largest absolute Gasteiger partial charge is 0.478 e. The molecule has 0 radical (unpaired) electrons. The zero-order chi connectivity index (χ0) is 14.7. The minimum atomic E-state index is -1.00. The Bertz CT molecular complexity index is 737. The molecule has 3 rings (SSSR count). The maximum absolute atomic E-state index is 10.7. The number of rotatable bonds is 5. The van der Waals surface area contributed by atoms with Gasteiger partial charge in [-0.05, 0) is 24.3 Å². The van der Waals surface area contributed by atoms with Crippen molar-refractivity contribution in [1.82, 2.24) is 15.2 Å². The molecule has 0 amide bonds. The Morgan fingerprint density at radius 2 is 2.19 bits per heavy atom. The highest BCUT2D eigenvalue weighted by atomic mass is 32.2. The van der Waals surface area contributed by atoms with Crippen LogP contribution in [0.15, 0.2) is 50.6 Å². The van der Waals surface area contributed by atoms with Crippen molar-refractivity contribution in [1.29, 1.82) is 0 Å². The molecule has 21 heavy (non-hydrogen) atoms. The lowest BCUT2D eigenvalue weighted by Gasteiger charge is -1.98. The van der Waals surface area contributed by atoms with Crippen LogP contribution >= 0.6 is 11.8 Å². The third-order valence-corrected chi connectivity index (χ3v) is 3.45. The van der Waals surface area contributed by atoms with Crippen LogP contribution < -0.4 is 0 Å². The second-order valence-electron chi connectivity index (χ2n) is 3.96. The van der Waals surface area contributed by atoms with Gasteiger partial charge in [0.05, 0.1) is 22.6 Å². The lowest BCUT2D eigenvalue weighted by atomic mass is 10.3. The summed E-state index contributed by atoms with van der Waals surface area (Å²) in [4.78, 5) is 14.8. The maximum atomic E-state index is 10.7. The summed E-state index contributed by atoms with van der Waals surface area (Å²) in [6, 6.07) is 6.61. The molecule has 0 saturated carbocycles. The number of hydrogen-bond donors (Lipinski definition) is 1. The van der Waals surface area contributed by atoms with Crippen LogP contribution in [-0.4, -0.2) is 26.3 Å². The monoisotopic (exact) mass is 303 g/mol. The predicted molar refractivity (Wildman–Crippen MR) is 72.8 cm³/mol. The second-order valence-corrected chi connectivity index (χ2v) is 4.95. The topological polar surface area (TPSA) is 102 Å². The van der Waals surface area contributed by atoms with E-state index in [4.69, 9.17) is 13.9 Å². The van der Waals surface area contributed by atoms with Gasteiger partial charge in [-0.15, -0.1) is 10.2 Å². The fourth-order valence-corrected chi connectivity index (χ4v) is 2.22. The fraction of sp³-hybridized carbons (Fsp3) is 0.0769. The van der Waals surface area contributed by atoms with Crippen molar-refractivity contribution in [2.45, 2.75) is 10.8 Å². The van der Waals surface area contributed by atoms with E-state index in [0.29, 0.717) is 28.3 Å². The first kappa shape index (κ1) is 13.4. The summed E-state index contributed by atoms with van der Waals surface area (Å²) in [6.07, 6.45) is 2.84. The molecular formula is C13H9N3O4S. The van der Waals surface area contributed by atoms with Crippen molar-refractivity contribution < 1.29 is 18.7 Å². The molecule has 0 spiro atoms. The predicted octanol–water partition coefficient (Wildman–Crippen LogP) is 2.72. The number of carboxylic acid groups (broad SMARTS) is 1. The third kappa shape index (κ3) is 3.11. The second kappa shape index (κ2) is 5.80. The van der Waals surface area contributed by atoms with Gasteiger partial charge in [-0.25, -0.2) is 9.78 Å². The van der Waals surface area contributed by atoms with Crippen molar-refractivity contribution >= 4 is 17.7 Å². The number of aromatic carboxylic acids is 1. The van der Waals surface area contributed by atoms with E-state index in [1.807, 2.05) is 0 Å². The first-order valence-corrected chi connectivity index (χ1v) is 6.89. The highest BCUT2D eigenvalue weighted by molar-refractivity contribution is 7.98. The fourth-order valence-electron chi connectivity index (χ4n) is 1.54. The van der Waals surface area contributed by atoms with Gasteiger partial charge in [0.15, 0.2) is 5.76 Å². The smallest absolute Gasteiger partial charge is 0.337 e. The molecule has 0 saturated heterocycles. The maximum Gasteiger partial charge on any atom is 0.337 e. The van der Waals surface area contributed by atoms with Gasteiger partial charge >= 0.3 is 5.97 Å². The number of nitrogens with zero attached hydrogens (tertiary/aromatic N) is 3. The Balaban J connectivity index is 1.64. The van der Waals surface area contributed by atoms with Gasteiger partial charge in [-0.1, -0.05) is 11.8 Å². The molecule has 0 aliphatic rings. The van der Waals surface area contributed by atoms with Crippen molar-refractivity contribution in [3.05, 3.63) is 48.2 Å². The molecule has 0 bridgehead atoms. The SMILES string of the molecule is O=C(O)c1ccc(SCc2nnc(-c3ccco3)o2)nc1.